The van der Waals surface area contributed by atoms with Gasteiger partial charge in [0.25, 0.3) is 0 Å². The lowest BCUT2D eigenvalue weighted by Gasteiger charge is -2.42. The van der Waals surface area contributed by atoms with Crippen molar-refractivity contribution in [3.8, 4) is 0 Å². The minimum absolute atomic E-state index is 0.801. The highest BCUT2D eigenvalue weighted by molar-refractivity contribution is 6.70. The van der Waals surface area contributed by atoms with E-state index in [-0.39, 0.29) is 0 Å². The fourth-order valence-electron chi connectivity index (χ4n) is 2.09. The molecule has 12 heavy (non-hydrogen) atoms. The summed E-state index contributed by atoms with van der Waals surface area (Å²) >= 11 is 0. The fraction of sp³-hybridized carbons (Fsp3) is 0.800. The molecule has 0 spiro atoms. The lowest BCUT2D eigenvalue weighted by molar-refractivity contribution is 0.151. The number of fused-ring (bicyclic) bond motifs is 1. The van der Waals surface area contributed by atoms with E-state index in [1.807, 2.05) is 0 Å². The van der Waals surface area contributed by atoms with Crippen molar-refractivity contribution < 1.29 is 4.43 Å². The van der Waals surface area contributed by atoms with Crippen LogP contribution in [0.25, 0.3) is 0 Å². The van der Waals surface area contributed by atoms with Gasteiger partial charge < -0.3 is 4.43 Å². The molecule has 0 amide bonds. The molecule has 3 aliphatic rings. The maximum absolute atomic E-state index is 6.03. The van der Waals surface area contributed by atoms with Gasteiger partial charge in [-0.15, -0.1) is 0 Å². The molecule has 1 nitrogen and oxygen atoms in total. The average Bonchev–Trinajstić information content (AvgIpc) is 1.80. The van der Waals surface area contributed by atoms with Gasteiger partial charge in [-0.25, -0.2) is 0 Å². The van der Waals surface area contributed by atoms with Crippen molar-refractivity contribution in [2.45, 2.75) is 38.9 Å². The van der Waals surface area contributed by atoms with Gasteiger partial charge in [-0.1, -0.05) is 0 Å². The second-order valence-electron chi connectivity index (χ2n) is 5.09. The Morgan fingerprint density at radius 3 is 2.42 bits per heavy atom. The Morgan fingerprint density at radius 1 is 1.33 bits per heavy atom. The van der Waals surface area contributed by atoms with Crippen LogP contribution in [0.15, 0.2) is 11.8 Å². The SMILES string of the molecule is C[Si](C)(C)OC1=CCC2CC1C2. The second-order valence-corrected chi connectivity index (χ2v) is 9.52. The Hall–Kier alpha value is -0.243. The van der Waals surface area contributed by atoms with Gasteiger partial charge in [0.15, 0.2) is 0 Å². The first-order chi connectivity index (χ1) is 5.54. The molecule has 0 aliphatic heterocycles. The number of allylic oxidation sites excluding steroid dienone is 2. The van der Waals surface area contributed by atoms with Crippen molar-refractivity contribution in [1.29, 1.82) is 0 Å². The van der Waals surface area contributed by atoms with Gasteiger partial charge in [0.2, 0.25) is 8.32 Å². The number of hydrogen-bond acceptors (Lipinski definition) is 1. The Morgan fingerprint density at radius 2 is 2.00 bits per heavy atom. The Labute approximate surface area is 75.9 Å². The predicted octanol–water partition coefficient (Wildman–Crippen LogP) is 3.15. The van der Waals surface area contributed by atoms with Gasteiger partial charge in [0.1, 0.15) is 0 Å². The summed E-state index contributed by atoms with van der Waals surface area (Å²) in [5, 5.41) is 0. The minimum Gasteiger partial charge on any atom is -0.547 e. The molecule has 2 bridgehead atoms. The van der Waals surface area contributed by atoms with E-state index in [2.05, 4.69) is 25.7 Å². The summed E-state index contributed by atoms with van der Waals surface area (Å²) in [7, 11) is -1.33. The maximum Gasteiger partial charge on any atom is 0.241 e. The topological polar surface area (TPSA) is 9.23 Å². The summed E-state index contributed by atoms with van der Waals surface area (Å²) in [5.74, 6) is 3.14. The molecule has 0 aromatic heterocycles. The Kier molecular flexibility index (Phi) is 1.83. The van der Waals surface area contributed by atoms with Crippen LogP contribution in [0, 0.1) is 11.8 Å². The van der Waals surface area contributed by atoms with Crippen LogP contribution in [0.1, 0.15) is 19.3 Å². The van der Waals surface area contributed by atoms with Crippen LogP contribution in [0.3, 0.4) is 0 Å². The van der Waals surface area contributed by atoms with Crippen LogP contribution < -0.4 is 0 Å². The molecule has 2 heteroatoms. The third-order valence-corrected chi connectivity index (χ3v) is 3.56. The third kappa shape index (κ3) is 1.58. The molecule has 0 heterocycles. The maximum atomic E-state index is 6.03. The summed E-state index contributed by atoms with van der Waals surface area (Å²) < 4.78 is 6.03. The van der Waals surface area contributed by atoms with Crippen molar-refractivity contribution in [2.75, 3.05) is 0 Å². The van der Waals surface area contributed by atoms with Gasteiger partial charge in [-0.05, 0) is 50.9 Å². The van der Waals surface area contributed by atoms with Gasteiger partial charge >= 0.3 is 0 Å². The smallest absolute Gasteiger partial charge is 0.241 e. The predicted molar refractivity (Wildman–Crippen MR) is 53.3 cm³/mol. The molecule has 1 fully saturated rings. The highest BCUT2D eigenvalue weighted by Gasteiger charge is 2.37. The number of rotatable bonds is 2. The van der Waals surface area contributed by atoms with Crippen molar-refractivity contribution in [2.24, 2.45) is 11.8 Å². The first-order valence-electron chi connectivity index (χ1n) is 4.94. The highest BCUT2D eigenvalue weighted by Crippen LogP contribution is 2.46. The molecule has 0 aromatic rings. The van der Waals surface area contributed by atoms with Crippen LogP contribution in [0.5, 0.6) is 0 Å². The molecule has 0 N–H and O–H groups in total. The van der Waals surface area contributed by atoms with E-state index >= 15 is 0 Å². The standard InChI is InChI=1S/C10H18OSi/c1-12(2,3)11-10-5-4-8-6-9(10)7-8/h5,8-9H,4,6-7H2,1-3H3. The number of hydrogen-bond donors (Lipinski definition) is 0. The van der Waals surface area contributed by atoms with Crippen molar-refractivity contribution in [3.63, 3.8) is 0 Å². The highest BCUT2D eigenvalue weighted by atomic mass is 28.4. The van der Waals surface area contributed by atoms with E-state index in [0.717, 1.165) is 11.8 Å². The van der Waals surface area contributed by atoms with Crippen LogP contribution in [0.4, 0.5) is 0 Å². The zero-order valence-corrected chi connectivity index (χ0v) is 9.26. The average molecular weight is 182 g/mol. The van der Waals surface area contributed by atoms with E-state index in [0.29, 0.717) is 0 Å². The molecule has 68 valence electrons. The molecule has 0 radical (unpaired) electrons. The fourth-order valence-corrected chi connectivity index (χ4v) is 3.05. The van der Waals surface area contributed by atoms with Crippen LogP contribution in [-0.4, -0.2) is 8.32 Å². The first kappa shape index (κ1) is 8.36. The molecule has 1 saturated carbocycles. The summed E-state index contributed by atoms with van der Waals surface area (Å²) in [5.41, 5.74) is 0. The van der Waals surface area contributed by atoms with Crippen molar-refractivity contribution in [1.82, 2.24) is 0 Å². The Bertz CT molecular complexity index is 208. The molecule has 3 aliphatic carbocycles. The molecule has 0 aromatic carbocycles. The van der Waals surface area contributed by atoms with Crippen LogP contribution >= 0.6 is 0 Å². The van der Waals surface area contributed by atoms with E-state index < -0.39 is 8.32 Å². The van der Waals surface area contributed by atoms with E-state index in [1.165, 1.54) is 25.0 Å². The first-order valence-corrected chi connectivity index (χ1v) is 8.34. The van der Waals surface area contributed by atoms with E-state index in [4.69, 9.17) is 4.43 Å². The Balaban J connectivity index is 2.00. The van der Waals surface area contributed by atoms with Gasteiger partial charge in [-0.3, -0.25) is 0 Å². The van der Waals surface area contributed by atoms with E-state index in [9.17, 15) is 0 Å². The van der Waals surface area contributed by atoms with Gasteiger partial charge in [-0.2, -0.15) is 0 Å². The van der Waals surface area contributed by atoms with Crippen molar-refractivity contribution in [3.05, 3.63) is 11.8 Å². The summed E-state index contributed by atoms with van der Waals surface area (Å²) in [6, 6.07) is 0. The lowest BCUT2D eigenvalue weighted by atomic mass is 9.68. The molecular weight excluding hydrogens is 164 g/mol. The molecule has 3 rings (SSSR count). The summed E-state index contributed by atoms with van der Waals surface area (Å²) in [6.07, 6.45) is 6.41. The largest absolute Gasteiger partial charge is 0.547 e. The quantitative estimate of drug-likeness (QED) is 0.596. The third-order valence-electron chi connectivity index (χ3n) is 2.71. The summed E-state index contributed by atoms with van der Waals surface area (Å²) in [4.78, 5) is 0. The molecule has 0 saturated heterocycles. The normalized spacial score (nSPS) is 33.8. The minimum atomic E-state index is -1.33. The monoisotopic (exact) mass is 182 g/mol. The van der Waals surface area contributed by atoms with Gasteiger partial charge in [0.05, 0.1) is 5.76 Å². The van der Waals surface area contributed by atoms with Crippen molar-refractivity contribution >= 4 is 8.32 Å². The molecular formula is C10H18OSi. The lowest BCUT2D eigenvalue weighted by Crippen LogP contribution is -2.35. The molecule has 0 unspecified atom stereocenters. The van der Waals surface area contributed by atoms with Crippen LogP contribution in [-0.2, 0) is 4.43 Å². The zero-order valence-electron chi connectivity index (χ0n) is 8.26. The van der Waals surface area contributed by atoms with Crippen LogP contribution in [0.2, 0.25) is 19.6 Å². The zero-order chi connectivity index (χ0) is 8.77. The second kappa shape index (κ2) is 2.62. The van der Waals surface area contributed by atoms with Gasteiger partial charge in [0, 0.05) is 5.92 Å². The molecule has 0 atom stereocenters. The summed E-state index contributed by atoms with van der Waals surface area (Å²) in [6.45, 7) is 6.79. The van der Waals surface area contributed by atoms with E-state index in [1.54, 1.807) is 0 Å².